The molecule has 0 saturated carbocycles. The molecule has 2 aromatic carbocycles. The van der Waals surface area contributed by atoms with Crippen LogP contribution < -0.4 is 16.1 Å². The van der Waals surface area contributed by atoms with E-state index in [9.17, 15) is 0 Å². The van der Waals surface area contributed by atoms with Crippen molar-refractivity contribution in [2.75, 3.05) is 23.1 Å². The van der Waals surface area contributed by atoms with Crippen LogP contribution in [0.3, 0.4) is 0 Å². The van der Waals surface area contributed by atoms with E-state index in [1.807, 2.05) is 37.4 Å². The van der Waals surface area contributed by atoms with Gasteiger partial charge in [0.1, 0.15) is 5.82 Å². The number of nitrogens with zero attached hydrogens (tertiary/aromatic N) is 3. The van der Waals surface area contributed by atoms with E-state index >= 15 is 0 Å². The summed E-state index contributed by atoms with van der Waals surface area (Å²) in [5.74, 6) is 0.501. The van der Waals surface area contributed by atoms with Crippen LogP contribution in [0.5, 0.6) is 0 Å². The highest BCUT2D eigenvalue weighted by molar-refractivity contribution is 7.14. The van der Waals surface area contributed by atoms with Crippen molar-refractivity contribution in [1.29, 1.82) is 0 Å². The van der Waals surface area contributed by atoms with E-state index in [0.29, 0.717) is 10.9 Å². The standard InChI is InChI=1S/C17H17N5S/c1-22(14-5-3-2-4-6-14)15-9-7-13(8-10-15)11-19-21-17-20-16(18)12-23-17/h2-12H,18H2,1H3,(H,20,21). The van der Waals surface area contributed by atoms with E-state index in [1.165, 1.54) is 11.3 Å². The third kappa shape index (κ3) is 3.87. The molecule has 0 aliphatic heterocycles. The molecule has 0 aliphatic carbocycles. The summed E-state index contributed by atoms with van der Waals surface area (Å²) in [5.41, 5.74) is 11.7. The van der Waals surface area contributed by atoms with Crippen molar-refractivity contribution in [1.82, 2.24) is 4.98 Å². The van der Waals surface area contributed by atoms with E-state index < -0.39 is 0 Å². The SMILES string of the molecule is CN(c1ccccc1)c1ccc(C=NNc2nc(N)cs2)cc1. The van der Waals surface area contributed by atoms with Crippen LogP contribution in [0, 0.1) is 0 Å². The van der Waals surface area contributed by atoms with Gasteiger partial charge in [-0.2, -0.15) is 5.10 Å². The monoisotopic (exact) mass is 323 g/mol. The van der Waals surface area contributed by atoms with Gasteiger partial charge in [0.25, 0.3) is 0 Å². The van der Waals surface area contributed by atoms with Gasteiger partial charge in [-0.15, -0.1) is 11.3 Å². The van der Waals surface area contributed by atoms with Crippen LogP contribution in [0.2, 0.25) is 0 Å². The molecule has 3 rings (SSSR count). The van der Waals surface area contributed by atoms with Gasteiger partial charge in [0, 0.05) is 23.8 Å². The predicted octanol–water partition coefficient (Wildman–Crippen LogP) is 3.94. The molecule has 5 nitrogen and oxygen atoms in total. The Balaban J connectivity index is 1.65. The lowest BCUT2D eigenvalue weighted by atomic mass is 10.2. The lowest BCUT2D eigenvalue weighted by molar-refractivity contribution is 1.21. The average Bonchev–Trinajstić information content (AvgIpc) is 3.01. The van der Waals surface area contributed by atoms with Crippen molar-refractivity contribution in [3.8, 4) is 0 Å². The van der Waals surface area contributed by atoms with E-state index in [0.717, 1.165) is 16.9 Å². The second-order valence-corrected chi connectivity index (χ2v) is 5.79. The molecule has 23 heavy (non-hydrogen) atoms. The lowest BCUT2D eigenvalue weighted by Gasteiger charge is -2.19. The van der Waals surface area contributed by atoms with E-state index in [2.05, 4.69) is 44.7 Å². The molecule has 0 amide bonds. The Labute approximate surface area is 139 Å². The van der Waals surface area contributed by atoms with E-state index in [4.69, 9.17) is 5.73 Å². The molecule has 0 bridgehead atoms. The molecule has 1 heterocycles. The molecule has 0 radical (unpaired) electrons. The summed E-state index contributed by atoms with van der Waals surface area (Å²) in [6, 6.07) is 18.4. The largest absolute Gasteiger partial charge is 0.383 e. The zero-order chi connectivity index (χ0) is 16.1. The smallest absolute Gasteiger partial charge is 0.205 e. The number of rotatable bonds is 5. The molecule has 0 atom stereocenters. The van der Waals surface area contributed by atoms with Gasteiger partial charge in [-0.3, -0.25) is 5.43 Å². The van der Waals surface area contributed by atoms with Gasteiger partial charge in [-0.05, 0) is 29.8 Å². The number of anilines is 4. The summed E-state index contributed by atoms with van der Waals surface area (Å²) in [5, 5.41) is 6.61. The normalized spacial score (nSPS) is 10.8. The zero-order valence-corrected chi connectivity index (χ0v) is 13.5. The van der Waals surface area contributed by atoms with Gasteiger partial charge in [-0.25, -0.2) is 4.98 Å². The van der Waals surface area contributed by atoms with E-state index in [-0.39, 0.29) is 0 Å². The van der Waals surface area contributed by atoms with Crippen LogP contribution in [0.25, 0.3) is 0 Å². The molecule has 6 heteroatoms. The molecule has 116 valence electrons. The number of nitrogens with one attached hydrogen (secondary N) is 1. The van der Waals surface area contributed by atoms with Crippen molar-refractivity contribution in [2.24, 2.45) is 5.10 Å². The molecule has 3 N–H and O–H groups in total. The maximum absolute atomic E-state index is 5.56. The minimum atomic E-state index is 0.501. The molecule has 0 aliphatic rings. The van der Waals surface area contributed by atoms with Gasteiger partial charge in [0.05, 0.1) is 6.21 Å². The molecular weight excluding hydrogens is 306 g/mol. The summed E-state index contributed by atoms with van der Waals surface area (Å²) in [6.07, 6.45) is 1.75. The first-order valence-electron chi connectivity index (χ1n) is 7.11. The number of nitrogen functional groups attached to an aromatic ring is 1. The second kappa shape index (κ2) is 6.93. The van der Waals surface area contributed by atoms with Crippen LogP contribution in [0.1, 0.15) is 5.56 Å². The van der Waals surface area contributed by atoms with Gasteiger partial charge < -0.3 is 10.6 Å². The van der Waals surface area contributed by atoms with Crippen LogP contribution in [-0.2, 0) is 0 Å². The highest BCUT2D eigenvalue weighted by Gasteiger charge is 2.02. The molecule has 0 spiro atoms. The molecule has 0 saturated heterocycles. The number of aromatic nitrogens is 1. The Morgan fingerprint density at radius 3 is 2.43 bits per heavy atom. The number of benzene rings is 2. The highest BCUT2D eigenvalue weighted by atomic mass is 32.1. The van der Waals surface area contributed by atoms with Crippen LogP contribution in [0.15, 0.2) is 65.1 Å². The summed E-state index contributed by atoms with van der Waals surface area (Å²) in [7, 11) is 2.05. The minimum Gasteiger partial charge on any atom is -0.383 e. The summed E-state index contributed by atoms with van der Waals surface area (Å²) < 4.78 is 0. The van der Waals surface area contributed by atoms with Crippen molar-refractivity contribution in [2.45, 2.75) is 0 Å². The summed E-state index contributed by atoms with van der Waals surface area (Å²) >= 11 is 1.42. The Bertz CT molecular complexity index is 780. The predicted molar refractivity (Wildman–Crippen MR) is 98.7 cm³/mol. The van der Waals surface area contributed by atoms with Crippen molar-refractivity contribution in [3.63, 3.8) is 0 Å². The van der Waals surface area contributed by atoms with Crippen LogP contribution >= 0.6 is 11.3 Å². The first-order chi connectivity index (χ1) is 11.2. The number of hydrazone groups is 1. The van der Waals surface area contributed by atoms with Crippen molar-refractivity contribution in [3.05, 3.63) is 65.5 Å². The molecule has 1 aromatic heterocycles. The maximum Gasteiger partial charge on any atom is 0.205 e. The number of hydrogen-bond donors (Lipinski definition) is 2. The summed E-state index contributed by atoms with van der Waals surface area (Å²) in [6.45, 7) is 0. The molecule has 3 aromatic rings. The number of thiazole rings is 1. The first kappa shape index (κ1) is 15.1. The van der Waals surface area contributed by atoms with Crippen molar-refractivity contribution >= 4 is 39.9 Å². The van der Waals surface area contributed by atoms with Gasteiger partial charge in [0.15, 0.2) is 0 Å². The minimum absolute atomic E-state index is 0.501. The van der Waals surface area contributed by atoms with Crippen LogP contribution in [-0.4, -0.2) is 18.2 Å². The van der Waals surface area contributed by atoms with Gasteiger partial charge >= 0.3 is 0 Å². The second-order valence-electron chi connectivity index (χ2n) is 4.93. The summed E-state index contributed by atoms with van der Waals surface area (Å²) in [4.78, 5) is 6.21. The fourth-order valence-corrected chi connectivity index (χ4v) is 2.63. The topological polar surface area (TPSA) is 66.5 Å². The average molecular weight is 323 g/mol. The molecule has 0 unspecified atom stereocenters. The highest BCUT2D eigenvalue weighted by Crippen LogP contribution is 2.23. The zero-order valence-electron chi connectivity index (χ0n) is 12.7. The quantitative estimate of drug-likeness (QED) is 0.551. The maximum atomic E-state index is 5.56. The van der Waals surface area contributed by atoms with E-state index in [1.54, 1.807) is 11.6 Å². The first-order valence-corrected chi connectivity index (χ1v) is 7.99. The Morgan fingerprint density at radius 2 is 1.78 bits per heavy atom. The number of nitrogens with two attached hydrogens (primary N) is 1. The van der Waals surface area contributed by atoms with Gasteiger partial charge in [-0.1, -0.05) is 30.3 Å². The molecule has 0 fully saturated rings. The Kier molecular flexibility index (Phi) is 4.54. The van der Waals surface area contributed by atoms with Gasteiger partial charge in [0.2, 0.25) is 5.13 Å². The fraction of sp³-hybridized carbons (Fsp3) is 0.0588. The number of para-hydroxylation sites is 1. The third-order valence-corrected chi connectivity index (χ3v) is 4.08. The molecular formula is C17H17N5S. The number of hydrogen-bond acceptors (Lipinski definition) is 6. The fourth-order valence-electron chi connectivity index (χ4n) is 2.08. The lowest BCUT2D eigenvalue weighted by Crippen LogP contribution is -2.08. The van der Waals surface area contributed by atoms with Crippen molar-refractivity contribution < 1.29 is 0 Å². The van der Waals surface area contributed by atoms with Crippen LogP contribution in [0.4, 0.5) is 22.3 Å². The third-order valence-electron chi connectivity index (χ3n) is 3.32. The Morgan fingerprint density at radius 1 is 1.09 bits per heavy atom. The Hall–Kier alpha value is -2.86.